The van der Waals surface area contributed by atoms with Gasteiger partial charge in [-0.05, 0) is 75.0 Å². The molecule has 0 fully saturated rings. The number of benzene rings is 3. The molecule has 0 spiro atoms. The van der Waals surface area contributed by atoms with Crippen LogP contribution in [-0.2, 0) is 7.05 Å². The fourth-order valence-corrected chi connectivity index (χ4v) is 7.15. The topological polar surface area (TPSA) is 8.81 Å². The van der Waals surface area contributed by atoms with E-state index >= 15 is 0 Å². The second kappa shape index (κ2) is 10.5. The molecule has 2 nitrogen and oxygen atoms in total. The van der Waals surface area contributed by atoms with E-state index in [1.165, 1.54) is 55.8 Å². The second-order valence-electron chi connectivity index (χ2n) is 12.9. The number of fused-ring (bicyclic) bond motifs is 3. The van der Waals surface area contributed by atoms with Gasteiger partial charge in [0.2, 0.25) is 0 Å². The summed E-state index contributed by atoms with van der Waals surface area (Å²) in [4.78, 5) is 0. The summed E-state index contributed by atoms with van der Waals surface area (Å²) in [7, 11) is 2.21. The van der Waals surface area contributed by atoms with Crippen LogP contribution < -0.4 is 9.94 Å². The second-order valence-corrected chi connectivity index (χ2v) is 12.9. The predicted molar refractivity (Wildman–Crippen MR) is 168 cm³/mol. The molecule has 39 heavy (non-hydrogen) atoms. The lowest BCUT2D eigenvalue weighted by atomic mass is 9.38. The molecule has 2 heterocycles. The molecular weight excluding hydrogens is 471 g/mol. The lowest BCUT2D eigenvalue weighted by Crippen LogP contribution is -2.66. The molecule has 0 saturated heterocycles. The lowest BCUT2D eigenvalue weighted by Gasteiger charge is -2.36. The summed E-state index contributed by atoms with van der Waals surface area (Å²) in [5, 5.41) is 0. The van der Waals surface area contributed by atoms with Crippen molar-refractivity contribution in [2.45, 2.75) is 91.8 Å². The van der Waals surface area contributed by atoms with Crippen LogP contribution in [-0.4, -0.2) is 11.4 Å². The van der Waals surface area contributed by atoms with E-state index in [2.05, 4.69) is 145 Å². The standard InChI is InChI=1S/C36H46BN2/c1-22(2)27-15-12-16-28(23(3)4)33(27)35-31-19-11-14-26(9)32(31)36-38(10)20-21-39(36)37(35)34-29(24(5)6)17-13-18-30(34)25(7)8/h11-25,35H,1-10H3/q+1. The van der Waals surface area contributed by atoms with E-state index in [9.17, 15) is 0 Å². The number of aromatic nitrogens is 2. The summed E-state index contributed by atoms with van der Waals surface area (Å²) in [5.41, 5.74) is 13.2. The van der Waals surface area contributed by atoms with Crippen LogP contribution in [0, 0.1) is 6.92 Å². The highest BCUT2D eigenvalue weighted by molar-refractivity contribution is 6.69. The van der Waals surface area contributed by atoms with Gasteiger partial charge >= 0.3 is 6.85 Å². The molecule has 1 aliphatic rings. The molecule has 0 N–H and O–H groups in total. The quantitative estimate of drug-likeness (QED) is 0.228. The first kappa shape index (κ1) is 27.5. The first-order valence-corrected chi connectivity index (χ1v) is 15.0. The molecule has 5 rings (SSSR count). The molecular formula is C36H46BN2+. The van der Waals surface area contributed by atoms with Crippen molar-refractivity contribution >= 4 is 12.3 Å². The highest BCUT2D eigenvalue weighted by Gasteiger charge is 2.50. The van der Waals surface area contributed by atoms with Crippen molar-refractivity contribution in [1.29, 1.82) is 0 Å². The monoisotopic (exact) mass is 517 g/mol. The maximum Gasteiger partial charge on any atom is 0.425 e. The number of nitrogens with zero attached hydrogens (tertiary/aromatic N) is 2. The van der Waals surface area contributed by atoms with Gasteiger partial charge in [0.05, 0.1) is 12.6 Å². The SMILES string of the molecule is Cc1cccc2c1-c1n(C)cc[n+]1B(c1c(C(C)C)cccc1C(C)C)C2c1c(C(C)C)cccc1C(C)C. The van der Waals surface area contributed by atoms with Gasteiger partial charge in [-0.15, -0.1) is 0 Å². The third kappa shape index (κ3) is 4.48. The molecule has 3 aromatic carbocycles. The number of hydrogen-bond acceptors (Lipinski definition) is 0. The van der Waals surface area contributed by atoms with Gasteiger partial charge in [-0.2, -0.15) is 0 Å². The smallest absolute Gasteiger partial charge is 0.288 e. The van der Waals surface area contributed by atoms with Crippen molar-refractivity contribution in [3.63, 3.8) is 0 Å². The van der Waals surface area contributed by atoms with E-state index in [1.807, 2.05) is 0 Å². The zero-order valence-corrected chi connectivity index (χ0v) is 25.7. The minimum Gasteiger partial charge on any atom is -0.288 e. The first-order chi connectivity index (χ1) is 18.5. The fraction of sp³-hybridized carbons (Fsp3) is 0.417. The van der Waals surface area contributed by atoms with Gasteiger partial charge in [0.25, 0.3) is 5.82 Å². The molecule has 1 aromatic heterocycles. The van der Waals surface area contributed by atoms with Gasteiger partial charge in [-0.1, -0.05) is 110 Å². The average Bonchev–Trinajstić information content (AvgIpc) is 3.27. The van der Waals surface area contributed by atoms with Gasteiger partial charge in [-0.25, -0.2) is 4.57 Å². The summed E-state index contributed by atoms with van der Waals surface area (Å²) >= 11 is 0. The van der Waals surface area contributed by atoms with E-state index in [-0.39, 0.29) is 12.7 Å². The van der Waals surface area contributed by atoms with Crippen LogP contribution in [0.4, 0.5) is 0 Å². The van der Waals surface area contributed by atoms with E-state index in [0.717, 1.165) is 0 Å². The predicted octanol–water partition coefficient (Wildman–Crippen LogP) is 8.21. The molecule has 3 heteroatoms. The highest BCUT2D eigenvalue weighted by atomic mass is 15.1. The Bertz CT molecular complexity index is 1450. The van der Waals surface area contributed by atoms with Crippen molar-refractivity contribution in [3.8, 4) is 11.4 Å². The molecule has 202 valence electrons. The van der Waals surface area contributed by atoms with E-state index in [0.29, 0.717) is 23.7 Å². The number of rotatable bonds is 6. The van der Waals surface area contributed by atoms with Gasteiger partial charge in [-0.3, -0.25) is 4.48 Å². The molecule has 1 atom stereocenters. The summed E-state index contributed by atoms with van der Waals surface area (Å²) in [6, 6.07) is 21.1. The molecule has 0 amide bonds. The molecule has 4 aromatic rings. The van der Waals surface area contributed by atoms with Crippen molar-refractivity contribution in [2.75, 3.05) is 0 Å². The van der Waals surface area contributed by atoms with Crippen molar-refractivity contribution in [2.24, 2.45) is 7.05 Å². The average molecular weight is 518 g/mol. The lowest BCUT2D eigenvalue weighted by molar-refractivity contribution is -0.525. The van der Waals surface area contributed by atoms with E-state index < -0.39 is 0 Å². The molecule has 1 aliphatic heterocycles. The minimum atomic E-state index is 0.170. The van der Waals surface area contributed by atoms with Crippen LogP contribution in [0.3, 0.4) is 0 Å². The molecule has 0 bridgehead atoms. The van der Waals surface area contributed by atoms with Crippen molar-refractivity contribution in [1.82, 2.24) is 4.57 Å². The van der Waals surface area contributed by atoms with Gasteiger partial charge in [0.15, 0.2) is 0 Å². The summed E-state index contributed by atoms with van der Waals surface area (Å²) in [5.74, 6) is 3.30. The van der Waals surface area contributed by atoms with Crippen LogP contribution in [0.25, 0.3) is 11.4 Å². The maximum absolute atomic E-state index is 2.62. The van der Waals surface area contributed by atoms with Crippen molar-refractivity contribution < 1.29 is 4.48 Å². The Balaban J connectivity index is 1.99. The Morgan fingerprint density at radius 1 is 0.692 bits per heavy atom. The van der Waals surface area contributed by atoms with Crippen LogP contribution in [0.2, 0.25) is 0 Å². The fourth-order valence-electron chi connectivity index (χ4n) is 7.15. The van der Waals surface area contributed by atoms with Crippen LogP contribution >= 0.6 is 0 Å². The Labute approximate surface area is 237 Å². The number of aryl methyl sites for hydroxylation is 2. The van der Waals surface area contributed by atoms with Crippen LogP contribution in [0.1, 0.15) is 124 Å². The van der Waals surface area contributed by atoms with E-state index in [4.69, 9.17) is 0 Å². The molecule has 0 radical (unpaired) electrons. The summed E-state index contributed by atoms with van der Waals surface area (Å²) in [6.07, 6.45) is 4.60. The zero-order valence-electron chi connectivity index (χ0n) is 25.7. The van der Waals surface area contributed by atoms with Gasteiger partial charge in [0.1, 0.15) is 12.4 Å². The summed E-state index contributed by atoms with van der Waals surface area (Å²) in [6.45, 7) is 21.3. The molecule has 0 aliphatic carbocycles. The number of hydrogen-bond donors (Lipinski definition) is 0. The highest BCUT2D eigenvalue weighted by Crippen LogP contribution is 2.44. The Morgan fingerprint density at radius 3 is 1.69 bits per heavy atom. The minimum absolute atomic E-state index is 0.170. The zero-order chi connectivity index (χ0) is 28.2. The number of imidazole rings is 1. The first-order valence-electron chi connectivity index (χ1n) is 15.0. The normalized spacial score (nSPS) is 15.0. The largest absolute Gasteiger partial charge is 0.425 e. The van der Waals surface area contributed by atoms with Crippen molar-refractivity contribution in [3.05, 3.63) is 106 Å². The third-order valence-electron chi connectivity index (χ3n) is 8.95. The maximum atomic E-state index is 2.62. The van der Waals surface area contributed by atoms with Gasteiger partial charge < -0.3 is 0 Å². The Hall–Kier alpha value is -3.07. The summed E-state index contributed by atoms with van der Waals surface area (Å²) < 4.78 is 4.95. The third-order valence-corrected chi connectivity index (χ3v) is 8.95. The van der Waals surface area contributed by atoms with Crippen LogP contribution in [0.5, 0.6) is 0 Å². The van der Waals surface area contributed by atoms with E-state index in [1.54, 1.807) is 0 Å². The molecule has 1 unspecified atom stereocenters. The van der Waals surface area contributed by atoms with Gasteiger partial charge in [0, 0.05) is 5.82 Å². The Morgan fingerprint density at radius 2 is 1.18 bits per heavy atom. The molecule has 0 saturated carbocycles. The Kier molecular flexibility index (Phi) is 7.40. The van der Waals surface area contributed by atoms with Crippen LogP contribution in [0.15, 0.2) is 67.0 Å².